The number of rotatable bonds is 8. The number of H-pyrrole nitrogens is 1. The van der Waals surface area contributed by atoms with E-state index in [1.165, 1.54) is 11.1 Å². The number of aryl methyl sites for hydroxylation is 1. The molecule has 1 aliphatic rings. The molecule has 1 saturated heterocycles. The van der Waals surface area contributed by atoms with Crippen LogP contribution in [0.2, 0.25) is 0 Å². The Hall–Kier alpha value is -2.17. The zero-order valence-corrected chi connectivity index (χ0v) is 19.4. The molecular formula is C27H37N3O. The Balaban J connectivity index is 1.64. The Morgan fingerprint density at radius 1 is 1.16 bits per heavy atom. The Bertz CT molecular complexity index is 992. The van der Waals surface area contributed by atoms with Crippen LogP contribution in [-0.2, 0) is 6.42 Å². The lowest BCUT2D eigenvalue weighted by molar-refractivity contribution is -0.0912. The summed E-state index contributed by atoms with van der Waals surface area (Å²) in [6.07, 6.45) is 4.63. The summed E-state index contributed by atoms with van der Waals surface area (Å²) in [7, 11) is 0. The van der Waals surface area contributed by atoms with Crippen LogP contribution in [0.1, 0.15) is 69.4 Å². The molecule has 0 aliphatic carbocycles. The molecule has 31 heavy (non-hydrogen) atoms. The second-order valence-corrected chi connectivity index (χ2v) is 9.61. The summed E-state index contributed by atoms with van der Waals surface area (Å²) in [5.74, 6) is 1.16. The van der Waals surface area contributed by atoms with Gasteiger partial charge >= 0.3 is 0 Å². The van der Waals surface area contributed by atoms with Gasteiger partial charge in [-0.3, -0.25) is 4.90 Å². The molecule has 2 N–H and O–H groups in total. The van der Waals surface area contributed by atoms with Crippen LogP contribution in [0.5, 0.6) is 0 Å². The van der Waals surface area contributed by atoms with Crippen LogP contribution in [-0.4, -0.2) is 32.7 Å². The van der Waals surface area contributed by atoms with E-state index in [1.807, 2.05) is 0 Å². The van der Waals surface area contributed by atoms with E-state index >= 15 is 0 Å². The average molecular weight is 420 g/mol. The zero-order chi connectivity index (χ0) is 22.0. The SMILES string of the molecule is CCC(C)(CC)C(Cc1ccccc1)C(O)N1CCC[C@H]1c1nc2ccc(C)cc2[nH]1. The molecule has 3 aromatic rings. The van der Waals surface area contributed by atoms with Crippen molar-refractivity contribution in [2.75, 3.05) is 6.54 Å². The van der Waals surface area contributed by atoms with E-state index < -0.39 is 6.23 Å². The maximum absolute atomic E-state index is 11.8. The van der Waals surface area contributed by atoms with Crippen molar-refractivity contribution in [3.63, 3.8) is 0 Å². The van der Waals surface area contributed by atoms with Gasteiger partial charge < -0.3 is 10.1 Å². The molecule has 0 spiro atoms. The predicted octanol–water partition coefficient (Wildman–Crippen LogP) is 6.01. The van der Waals surface area contributed by atoms with E-state index in [4.69, 9.17) is 4.98 Å². The molecule has 2 aromatic carbocycles. The van der Waals surface area contributed by atoms with Crippen LogP contribution >= 0.6 is 0 Å². The lowest BCUT2D eigenvalue weighted by atomic mass is 9.69. The average Bonchev–Trinajstić information content (AvgIpc) is 3.43. The van der Waals surface area contributed by atoms with Gasteiger partial charge in [0.2, 0.25) is 0 Å². The van der Waals surface area contributed by atoms with Crippen molar-refractivity contribution in [1.82, 2.24) is 14.9 Å². The predicted molar refractivity (Wildman–Crippen MR) is 128 cm³/mol. The summed E-state index contributed by atoms with van der Waals surface area (Å²) >= 11 is 0. The maximum Gasteiger partial charge on any atom is 0.124 e. The Kier molecular flexibility index (Phi) is 6.49. The van der Waals surface area contributed by atoms with E-state index in [2.05, 4.69) is 86.1 Å². The molecule has 0 saturated carbocycles. The number of nitrogens with zero attached hydrogens (tertiary/aromatic N) is 2. The minimum absolute atomic E-state index is 0.0768. The van der Waals surface area contributed by atoms with Gasteiger partial charge in [-0.2, -0.15) is 0 Å². The van der Waals surface area contributed by atoms with Crippen molar-refractivity contribution in [2.24, 2.45) is 11.3 Å². The lowest BCUT2D eigenvalue weighted by Crippen LogP contribution is -2.47. The first-order valence-corrected chi connectivity index (χ1v) is 11.9. The highest BCUT2D eigenvalue weighted by molar-refractivity contribution is 5.75. The minimum atomic E-state index is -0.493. The number of hydrogen-bond acceptors (Lipinski definition) is 3. The number of imidazole rings is 1. The molecule has 2 unspecified atom stereocenters. The van der Waals surface area contributed by atoms with Crippen LogP contribution in [0.4, 0.5) is 0 Å². The molecule has 0 amide bonds. The first-order valence-electron chi connectivity index (χ1n) is 11.9. The van der Waals surface area contributed by atoms with Crippen molar-refractivity contribution in [3.8, 4) is 0 Å². The topological polar surface area (TPSA) is 52.1 Å². The molecule has 0 bridgehead atoms. The van der Waals surface area contributed by atoms with Crippen LogP contribution in [0.25, 0.3) is 11.0 Å². The van der Waals surface area contributed by atoms with Gasteiger partial charge in [0.25, 0.3) is 0 Å². The summed E-state index contributed by atoms with van der Waals surface area (Å²) in [5.41, 5.74) is 4.71. The van der Waals surface area contributed by atoms with Crippen LogP contribution in [0.3, 0.4) is 0 Å². The second-order valence-electron chi connectivity index (χ2n) is 9.61. The number of aromatic amines is 1. The molecule has 1 aliphatic heterocycles. The highest BCUT2D eigenvalue weighted by atomic mass is 16.3. The van der Waals surface area contributed by atoms with Crippen molar-refractivity contribution in [1.29, 1.82) is 0 Å². The van der Waals surface area contributed by atoms with E-state index in [-0.39, 0.29) is 17.4 Å². The highest BCUT2D eigenvalue weighted by Crippen LogP contribution is 2.43. The second kappa shape index (κ2) is 9.13. The third-order valence-corrected chi connectivity index (χ3v) is 7.77. The summed E-state index contributed by atoms with van der Waals surface area (Å²) in [6, 6.07) is 17.1. The van der Waals surface area contributed by atoms with Gasteiger partial charge in [0.15, 0.2) is 0 Å². The number of aliphatic hydroxyl groups excluding tert-OH is 1. The Morgan fingerprint density at radius 3 is 2.61 bits per heavy atom. The van der Waals surface area contributed by atoms with E-state index in [1.54, 1.807) is 0 Å². The molecule has 4 rings (SSSR count). The van der Waals surface area contributed by atoms with Crippen LogP contribution < -0.4 is 0 Å². The summed E-state index contributed by atoms with van der Waals surface area (Å²) < 4.78 is 0. The van der Waals surface area contributed by atoms with Crippen molar-refractivity contribution in [2.45, 2.75) is 72.1 Å². The zero-order valence-electron chi connectivity index (χ0n) is 19.4. The molecule has 3 atom stereocenters. The quantitative estimate of drug-likeness (QED) is 0.470. The monoisotopic (exact) mass is 419 g/mol. The molecule has 1 fully saturated rings. The number of nitrogens with one attached hydrogen (secondary N) is 1. The number of aromatic nitrogens is 2. The number of likely N-dealkylation sites (tertiary alicyclic amines) is 1. The van der Waals surface area contributed by atoms with Crippen LogP contribution in [0.15, 0.2) is 48.5 Å². The van der Waals surface area contributed by atoms with Crippen molar-refractivity contribution >= 4 is 11.0 Å². The van der Waals surface area contributed by atoms with Crippen LogP contribution in [0, 0.1) is 18.3 Å². The van der Waals surface area contributed by atoms with Gasteiger partial charge in [-0.05, 0) is 54.9 Å². The number of fused-ring (bicyclic) bond motifs is 1. The fraction of sp³-hybridized carbons (Fsp3) is 0.519. The highest BCUT2D eigenvalue weighted by Gasteiger charge is 2.42. The van der Waals surface area contributed by atoms with Gasteiger partial charge in [0.1, 0.15) is 12.1 Å². The third-order valence-electron chi connectivity index (χ3n) is 7.77. The van der Waals surface area contributed by atoms with Gasteiger partial charge in [0, 0.05) is 12.5 Å². The van der Waals surface area contributed by atoms with Gasteiger partial charge in [-0.25, -0.2) is 4.98 Å². The Morgan fingerprint density at radius 2 is 1.90 bits per heavy atom. The van der Waals surface area contributed by atoms with Gasteiger partial charge in [0.05, 0.1) is 17.1 Å². The molecule has 1 aromatic heterocycles. The minimum Gasteiger partial charge on any atom is -0.378 e. The lowest BCUT2D eigenvalue weighted by Gasteiger charge is -2.43. The standard InChI is InChI=1S/C27H37N3O/c1-5-27(4,6-2)21(18-20-11-8-7-9-12-20)26(31)30-16-10-13-24(30)25-28-22-15-14-19(3)17-23(22)29-25/h7-9,11-12,14-15,17,21,24,26,31H,5-6,10,13,16,18H2,1-4H3,(H,28,29)/t21?,24-,26?/m0/s1. The third kappa shape index (κ3) is 4.42. The normalized spacial score (nSPS) is 19.7. The summed E-state index contributed by atoms with van der Waals surface area (Å²) in [4.78, 5) is 10.8. The molecule has 2 heterocycles. The van der Waals surface area contributed by atoms with Gasteiger partial charge in [-0.15, -0.1) is 0 Å². The fourth-order valence-electron chi connectivity index (χ4n) is 5.29. The molecule has 0 radical (unpaired) electrons. The smallest absolute Gasteiger partial charge is 0.124 e. The molecule has 4 nitrogen and oxygen atoms in total. The fourth-order valence-corrected chi connectivity index (χ4v) is 5.29. The first-order chi connectivity index (χ1) is 14.9. The van der Waals surface area contributed by atoms with Crippen molar-refractivity contribution < 1.29 is 5.11 Å². The van der Waals surface area contributed by atoms with E-state index in [0.717, 1.165) is 55.5 Å². The summed E-state index contributed by atoms with van der Waals surface area (Å²) in [5, 5.41) is 11.8. The molecular weight excluding hydrogens is 382 g/mol. The van der Waals surface area contributed by atoms with E-state index in [9.17, 15) is 5.11 Å². The largest absolute Gasteiger partial charge is 0.378 e. The summed E-state index contributed by atoms with van der Waals surface area (Å²) in [6.45, 7) is 9.89. The molecule has 4 heteroatoms. The number of hydrogen-bond donors (Lipinski definition) is 2. The first kappa shape index (κ1) is 22.0. The van der Waals surface area contributed by atoms with Gasteiger partial charge in [-0.1, -0.05) is 70.0 Å². The maximum atomic E-state index is 11.8. The molecule has 166 valence electrons. The van der Waals surface area contributed by atoms with E-state index in [0.29, 0.717) is 0 Å². The number of aliphatic hydroxyl groups is 1. The Labute approximate surface area is 186 Å². The number of benzene rings is 2. The van der Waals surface area contributed by atoms with Crippen molar-refractivity contribution in [3.05, 3.63) is 65.5 Å².